The third kappa shape index (κ3) is 5.66. The van der Waals surface area contributed by atoms with Gasteiger partial charge in [-0.15, -0.1) is 11.8 Å². The highest BCUT2D eigenvalue weighted by atomic mass is 35.5. The summed E-state index contributed by atoms with van der Waals surface area (Å²) in [6.07, 6.45) is 1.66. The van der Waals surface area contributed by atoms with Gasteiger partial charge in [-0.25, -0.2) is 5.43 Å². The molecule has 0 spiro atoms. The van der Waals surface area contributed by atoms with Gasteiger partial charge in [-0.05, 0) is 43.7 Å². The number of carbonyl (C=O) groups is 1. The van der Waals surface area contributed by atoms with Crippen LogP contribution in [0.4, 0.5) is 0 Å². The van der Waals surface area contributed by atoms with Crippen molar-refractivity contribution >= 4 is 47.1 Å². The van der Waals surface area contributed by atoms with Crippen molar-refractivity contribution in [3.05, 3.63) is 87.2 Å². The van der Waals surface area contributed by atoms with Crippen molar-refractivity contribution in [2.24, 2.45) is 5.10 Å². The second kappa shape index (κ2) is 10.0. The lowest BCUT2D eigenvalue weighted by molar-refractivity contribution is -0.118. The number of benzene rings is 2. The maximum atomic E-state index is 12.0. The number of amides is 1. The van der Waals surface area contributed by atoms with E-state index in [1.165, 1.54) is 5.56 Å². The molecule has 150 valence electrons. The van der Waals surface area contributed by atoms with Gasteiger partial charge >= 0.3 is 0 Å². The van der Waals surface area contributed by atoms with Gasteiger partial charge in [-0.1, -0.05) is 53.5 Å². The fourth-order valence-electron chi connectivity index (χ4n) is 2.98. The smallest absolute Gasteiger partial charge is 0.250 e. The molecule has 2 aromatic carbocycles. The van der Waals surface area contributed by atoms with Crippen LogP contribution >= 0.6 is 35.0 Å². The number of carbonyl (C=O) groups excluding carboxylic acids is 1. The fraction of sp³-hybridized carbons (Fsp3) is 0.182. The molecule has 0 saturated carbocycles. The maximum absolute atomic E-state index is 12.0. The van der Waals surface area contributed by atoms with Gasteiger partial charge in [0.05, 0.1) is 22.0 Å². The summed E-state index contributed by atoms with van der Waals surface area (Å²) in [6.45, 7) is 4.00. The summed E-state index contributed by atoms with van der Waals surface area (Å²) in [7, 11) is 0. The van der Waals surface area contributed by atoms with E-state index in [-0.39, 0.29) is 5.91 Å². The van der Waals surface area contributed by atoms with Crippen molar-refractivity contribution in [1.82, 2.24) is 9.99 Å². The van der Waals surface area contributed by atoms with E-state index in [4.69, 9.17) is 23.2 Å². The minimum absolute atomic E-state index is 0.125. The molecule has 1 N–H and O–H groups in total. The number of hydrazone groups is 1. The van der Waals surface area contributed by atoms with Crippen LogP contribution in [0.2, 0.25) is 10.0 Å². The monoisotopic (exact) mass is 445 g/mol. The molecular formula is C22H21Cl2N3OS. The van der Waals surface area contributed by atoms with Gasteiger partial charge in [-0.2, -0.15) is 5.10 Å². The van der Waals surface area contributed by atoms with E-state index >= 15 is 0 Å². The van der Waals surface area contributed by atoms with E-state index in [9.17, 15) is 4.79 Å². The average Bonchev–Trinajstić information content (AvgIpc) is 2.98. The van der Waals surface area contributed by atoms with Gasteiger partial charge < -0.3 is 4.57 Å². The van der Waals surface area contributed by atoms with Crippen molar-refractivity contribution in [1.29, 1.82) is 0 Å². The van der Waals surface area contributed by atoms with Crippen LogP contribution in [0.25, 0.3) is 5.69 Å². The number of nitrogens with zero attached hydrogens (tertiary/aromatic N) is 2. The number of thioether (sulfide) groups is 1. The minimum atomic E-state index is -0.125. The van der Waals surface area contributed by atoms with Gasteiger partial charge in [0.25, 0.3) is 0 Å². The molecule has 0 radical (unpaired) electrons. The summed E-state index contributed by atoms with van der Waals surface area (Å²) < 4.78 is 2.07. The van der Waals surface area contributed by atoms with E-state index in [1.807, 2.05) is 62.4 Å². The molecule has 0 aliphatic rings. The molecule has 4 nitrogen and oxygen atoms in total. The Kier molecular flexibility index (Phi) is 7.42. The Morgan fingerprint density at radius 3 is 2.59 bits per heavy atom. The van der Waals surface area contributed by atoms with Gasteiger partial charge in [0.2, 0.25) is 5.91 Å². The summed E-state index contributed by atoms with van der Waals surface area (Å²) >= 11 is 13.7. The Morgan fingerprint density at radius 2 is 1.86 bits per heavy atom. The molecule has 7 heteroatoms. The second-order valence-electron chi connectivity index (χ2n) is 6.53. The Hall–Kier alpha value is -2.21. The Balaban J connectivity index is 1.59. The quantitative estimate of drug-likeness (QED) is 0.369. The van der Waals surface area contributed by atoms with Crippen LogP contribution in [0.15, 0.2) is 59.7 Å². The lowest BCUT2D eigenvalue weighted by atomic mass is 10.2. The van der Waals surface area contributed by atoms with Crippen molar-refractivity contribution in [2.45, 2.75) is 19.6 Å². The predicted octanol–water partition coefficient (Wildman–Crippen LogP) is 5.78. The first-order chi connectivity index (χ1) is 14.0. The largest absolute Gasteiger partial charge is 0.318 e. The standard InChI is InChI=1S/C22H21Cl2N3OS/c1-15-10-18(16(2)27(15)19-8-9-20(23)21(24)11-19)12-25-26-22(28)14-29-13-17-6-4-3-5-7-17/h3-12H,13-14H2,1-2H3,(H,26,28)/b25-12-. The number of rotatable bonds is 7. The topological polar surface area (TPSA) is 46.4 Å². The highest BCUT2D eigenvalue weighted by molar-refractivity contribution is 7.99. The molecular weight excluding hydrogens is 425 g/mol. The zero-order chi connectivity index (χ0) is 20.8. The molecule has 3 rings (SSSR count). The van der Waals surface area contributed by atoms with Gasteiger partial charge in [-0.3, -0.25) is 4.79 Å². The van der Waals surface area contributed by atoms with Crippen molar-refractivity contribution in [3.8, 4) is 5.69 Å². The van der Waals surface area contributed by atoms with Crippen LogP contribution in [0, 0.1) is 13.8 Å². The molecule has 0 saturated heterocycles. The Morgan fingerprint density at radius 1 is 1.10 bits per heavy atom. The van der Waals surface area contributed by atoms with Gasteiger partial charge in [0.1, 0.15) is 0 Å². The molecule has 1 amide bonds. The molecule has 0 fully saturated rings. The summed E-state index contributed by atoms with van der Waals surface area (Å²) in [6, 6.07) is 17.6. The molecule has 3 aromatic rings. The van der Waals surface area contributed by atoms with Crippen LogP contribution in [-0.4, -0.2) is 22.4 Å². The van der Waals surface area contributed by atoms with Crippen LogP contribution in [0.1, 0.15) is 22.5 Å². The average molecular weight is 446 g/mol. The third-order valence-corrected chi connectivity index (χ3v) is 6.11. The molecule has 1 heterocycles. The zero-order valence-electron chi connectivity index (χ0n) is 16.2. The molecule has 0 unspecified atom stereocenters. The molecule has 0 bridgehead atoms. The number of nitrogens with one attached hydrogen (secondary N) is 1. The summed E-state index contributed by atoms with van der Waals surface area (Å²) in [5, 5.41) is 5.14. The van der Waals surface area contributed by atoms with E-state index in [0.717, 1.165) is 28.4 Å². The number of hydrogen-bond acceptors (Lipinski definition) is 3. The number of hydrogen-bond donors (Lipinski definition) is 1. The van der Waals surface area contributed by atoms with Crippen molar-refractivity contribution in [3.63, 3.8) is 0 Å². The first-order valence-corrected chi connectivity index (χ1v) is 10.9. The van der Waals surface area contributed by atoms with E-state index in [0.29, 0.717) is 15.8 Å². The molecule has 0 aliphatic heterocycles. The number of halogens is 2. The van der Waals surface area contributed by atoms with Crippen LogP contribution in [0.3, 0.4) is 0 Å². The highest BCUT2D eigenvalue weighted by Gasteiger charge is 2.11. The first-order valence-electron chi connectivity index (χ1n) is 9.03. The second-order valence-corrected chi connectivity index (χ2v) is 8.33. The van der Waals surface area contributed by atoms with Crippen LogP contribution in [0.5, 0.6) is 0 Å². The zero-order valence-corrected chi connectivity index (χ0v) is 18.5. The third-order valence-electron chi connectivity index (χ3n) is 4.37. The SMILES string of the molecule is Cc1cc(/C=N\NC(=O)CSCc2ccccc2)c(C)n1-c1ccc(Cl)c(Cl)c1. The lowest BCUT2D eigenvalue weighted by Gasteiger charge is -2.10. The molecule has 29 heavy (non-hydrogen) atoms. The van der Waals surface area contributed by atoms with Crippen molar-refractivity contribution in [2.75, 3.05) is 5.75 Å². The van der Waals surface area contributed by atoms with E-state index in [1.54, 1.807) is 24.0 Å². The Bertz CT molecular complexity index is 1030. The molecule has 0 atom stereocenters. The van der Waals surface area contributed by atoms with E-state index in [2.05, 4.69) is 15.1 Å². The van der Waals surface area contributed by atoms with Gasteiger partial charge in [0, 0.05) is 28.4 Å². The highest BCUT2D eigenvalue weighted by Crippen LogP contribution is 2.27. The molecule has 0 aliphatic carbocycles. The van der Waals surface area contributed by atoms with Crippen LogP contribution < -0.4 is 5.43 Å². The van der Waals surface area contributed by atoms with Gasteiger partial charge in [0.15, 0.2) is 0 Å². The summed E-state index contributed by atoms with van der Waals surface area (Å²) in [5.41, 5.74) is 7.67. The Labute approximate surface area is 184 Å². The van der Waals surface area contributed by atoms with Crippen molar-refractivity contribution < 1.29 is 4.79 Å². The molecule has 1 aromatic heterocycles. The number of aromatic nitrogens is 1. The maximum Gasteiger partial charge on any atom is 0.250 e. The normalized spacial score (nSPS) is 11.2. The minimum Gasteiger partial charge on any atom is -0.318 e. The summed E-state index contributed by atoms with van der Waals surface area (Å²) in [4.78, 5) is 12.0. The first kappa shape index (κ1) is 21.5. The van der Waals surface area contributed by atoms with E-state index < -0.39 is 0 Å². The fourth-order valence-corrected chi connectivity index (χ4v) is 4.05. The summed E-state index contributed by atoms with van der Waals surface area (Å²) in [5.74, 6) is 1.03. The number of aryl methyl sites for hydroxylation is 1. The van der Waals surface area contributed by atoms with Crippen LogP contribution in [-0.2, 0) is 10.5 Å². The lowest BCUT2D eigenvalue weighted by Crippen LogP contribution is -2.19. The predicted molar refractivity (Wildman–Crippen MR) is 124 cm³/mol.